The van der Waals surface area contributed by atoms with Crippen LogP contribution in [0, 0.1) is 12.8 Å². The summed E-state index contributed by atoms with van der Waals surface area (Å²) >= 11 is 6.27. The number of nitrogens with two attached hydrogens (primary N) is 1. The minimum atomic E-state index is -0.0413. The topological polar surface area (TPSA) is 26.0 Å². The SMILES string of the molecule is CCC(C)C(c1ccccc1)C(N)c1ccc(C)c(Cl)c1. The first kappa shape index (κ1) is 16.1. The molecule has 21 heavy (non-hydrogen) atoms. The van der Waals surface area contributed by atoms with E-state index in [0.717, 1.165) is 22.6 Å². The maximum Gasteiger partial charge on any atom is 0.0438 e. The third kappa shape index (κ3) is 3.66. The third-order valence-corrected chi connectivity index (χ3v) is 4.82. The summed E-state index contributed by atoms with van der Waals surface area (Å²) < 4.78 is 0. The zero-order chi connectivity index (χ0) is 15.4. The molecule has 0 aromatic heterocycles. The summed E-state index contributed by atoms with van der Waals surface area (Å²) in [7, 11) is 0. The highest BCUT2D eigenvalue weighted by Gasteiger charge is 2.26. The van der Waals surface area contributed by atoms with Crippen molar-refractivity contribution in [3.63, 3.8) is 0 Å². The van der Waals surface area contributed by atoms with Gasteiger partial charge in [-0.15, -0.1) is 0 Å². The zero-order valence-electron chi connectivity index (χ0n) is 13.0. The Morgan fingerprint density at radius 2 is 1.71 bits per heavy atom. The molecule has 0 aliphatic carbocycles. The van der Waals surface area contributed by atoms with E-state index in [9.17, 15) is 0 Å². The van der Waals surface area contributed by atoms with Crippen molar-refractivity contribution >= 4 is 11.6 Å². The van der Waals surface area contributed by atoms with Crippen LogP contribution in [0.1, 0.15) is 48.9 Å². The molecule has 0 saturated heterocycles. The van der Waals surface area contributed by atoms with E-state index < -0.39 is 0 Å². The Labute approximate surface area is 133 Å². The molecule has 3 atom stereocenters. The third-order valence-electron chi connectivity index (χ3n) is 4.41. The Hall–Kier alpha value is -1.31. The lowest BCUT2D eigenvalue weighted by molar-refractivity contribution is 0.388. The summed E-state index contributed by atoms with van der Waals surface area (Å²) in [6.45, 7) is 6.50. The molecule has 0 amide bonds. The van der Waals surface area contributed by atoms with Gasteiger partial charge in [-0.25, -0.2) is 0 Å². The standard InChI is InChI=1S/C19H24ClN/c1-4-13(2)18(15-8-6-5-7-9-15)19(21)16-11-10-14(3)17(20)12-16/h5-13,18-19H,4,21H2,1-3H3. The van der Waals surface area contributed by atoms with Gasteiger partial charge in [-0.3, -0.25) is 0 Å². The van der Waals surface area contributed by atoms with Crippen molar-refractivity contribution in [1.29, 1.82) is 0 Å². The van der Waals surface area contributed by atoms with E-state index in [0.29, 0.717) is 11.8 Å². The van der Waals surface area contributed by atoms with E-state index in [2.05, 4.69) is 50.2 Å². The summed E-state index contributed by atoms with van der Waals surface area (Å²) in [5.41, 5.74) is 10.1. The first-order valence-corrected chi connectivity index (χ1v) is 7.99. The van der Waals surface area contributed by atoms with E-state index in [4.69, 9.17) is 17.3 Å². The van der Waals surface area contributed by atoms with Crippen LogP contribution in [0.5, 0.6) is 0 Å². The fraction of sp³-hybridized carbons (Fsp3) is 0.368. The lowest BCUT2D eigenvalue weighted by Crippen LogP contribution is -2.25. The van der Waals surface area contributed by atoms with Gasteiger partial charge in [0.25, 0.3) is 0 Å². The van der Waals surface area contributed by atoms with E-state index in [1.807, 2.05) is 19.1 Å². The Bertz CT molecular complexity index is 579. The van der Waals surface area contributed by atoms with Crippen LogP contribution in [0.25, 0.3) is 0 Å². The summed E-state index contributed by atoms with van der Waals surface area (Å²) in [5.74, 6) is 0.817. The van der Waals surface area contributed by atoms with Gasteiger partial charge >= 0.3 is 0 Å². The van der Waals surface area contributed by atoms with Gasteiger partial charge in [0, 0.05) is 17.0 Å². The van der Waals surface area contributed by atoms with Gasteiger partial charge in [0.15, 0.2) is 0 Å². The van der Waals surface area contributed by atoms with Crippen molar-refractivity contribution in [2.24, 2.45) is 11.7 Å². The lowest BCUT2D eigenvalue weighted by Gasteiger charge is -2.30. The minimum absolute atomic E-state index is 0.0413. The predicted octanol–water partition coefficient (Wildman–Crippen LogP) is 5.48. The monoisotopic (exact) mass is 301 g/mol. The van der Waals surface area contributed by atoms with Crippen molar-refractivity contribution in [2.45, 2.75) is 39.2 Å². The molecule has 2 aromatic rings. The Morgan fingerprint density at radius 1 is 1.05 bits per heavy atom. The second kappa shape index (κ2) is 7.11. The molecule has 0 bridgehead atoms. The molecule has 0 fully saturated rings. The van der Waals surface area contributed by atoms with Gasteiger partial charge in [0.05, 0.1) is 0 Å². The Kier molecular flexibility index (Phi) is 5.44. The van der Waals surface area contributed by atoms with Gasteiger partial charge in [-0.05, 0) is 35.6 Å². The van der Waals surface area contributed by atoms with Gasteiger partial charge < -0.3 is 5.73 Å². The minimum Gasteiger partial charge on any atom is -0.323 e. The van der Waals surface area contributed by atoms with Crippen molar-refractivity contribution in [3.8, 4) is 0 Å². The molecule has 0 spiro atoms. The average molecular weight is 302 g/mol. The fourth-order valence-corrected chi connectivity index (χ4v) is 3.03. The van der Waals surface area contributed by atoms with E-state index in [1.165, 1.54) is 5.56 Å². The highest BCUT2D eigenvalue weighted by Crippen LogP contribution is 2.37. The van der Waals surface area contributed by atoms with E-state index in [1.54, 1.807) is 0 Å². The normalized spacial score (nSPS) is 15.5. The highest BCUT2D eigenvalue weighted by molar-refractivity contribution is 6.31. The Balaban J connectivity index is 2.38. The van der Waals surface area contributed by atoms with Crippen LogP contribution in [-0.4, -0.2) is 0 Å². The quantitative estimate of drug-likeness (QED) is 0.777. The number of benzene rings is 2. The first-order valence-electron chi connectivity index (χ1n) is 7.61. The fourth-order valence-electron chi connectivity index (χ4n) is 2.84. The Morgan fingerprint density at radius 3 is 2.29 bits per heavy atom. The largest absolute Gasteiger partial charge is 0.323 e. The number of hydrogen-bond donors (Lipinski definition) is 1. The molecule has 2 aromatic carbocycles. The number of hydrogen-bond acceptors (Lipinski definition) is 1. The van der Waals surface area contributed by atoms with Crippen LogP contribution in [0.3, 0.4) is 0 Å². The highest BCUT2D eigenvalue weighted by atomic mass is 35.5. The van der Waals surface area contributed by atoms with Gasteiger partial charge in [0.2, 0.25) is 0 Å². The summed E-state index contributed by atoms with van der Waals surface area (Å²) in [5, 5.41) is 0.791. The molecule has 0 heterocycles. The van der Waals surface area contributed by atoms with Crippen LogP contribution in [0.2, 0.25) is 5.02 Å². The summed E-state index contributed by atoms with van der Waals surface area (Å²) in [6, 6.07) is 16.7. The number of rotatable bonds is 5. The van der Waals surface area contributed by atoms with Crippen molar-refractivity contribution in [1.82, 2.24) is 0 Å². The molecule has 2 rings (SSSR count). The van der Waals surface area contributed by atoms with Gasteiger partial charge in [0.1, 0.15) is 0 Å². The van der Waals surface area contributed by atoms with E-state index in [-0.39, 0.29) is 6.04 Å². The first-order chi connectivity index (χ1) is 10.0. The molecular formula is C19H24ClN. The predicted molar refractivity (Wildman–Crippen MR) is 91.8 cm³/mol. The van der Waals surface area contributed by atoms with Crippen LogP contribution in [0.4, 0.5) is 0 Å². The molecule has 0 aliphatic heterocycles. The molecule has 0 radical (unpaired) electrons. The molecule has 0 aliphatic rings. The van der Waals surface area contributed by atoms with Crippen LogP contribution in [0.15, 0.2) is 48.5 Å². The maximum atomic E-state index is 6.61. The van der Waals surface area contributed by atoms with E-state index >= 15 is 0 Å². The van der Waals surface area contributed by atoms with Gasteiger partial charge in [-0.1, -0.05) is 74.3 Å². The molecule has 112 valence electrons. The number of halogens is 1. The lowest BCUT2D eigenvalue weighted by atomic mass is 9.78. The maximum absolute atomic E-state index is 6.61. The summed E-state index contributed by atoms with van der Waals surface area (Å²) in [4.78, 5) is 0. The van der Waals surface area contributed by atoms with Crippen molar-refractivity contribution in [2.75, 3.05) is 0 Å². The van der Waals surface area contributed by atoms with Gasteiger partial charge in [-0.2, -0.15) is 0 Å². The smallest absolute Gasteiger partial charge is 0.0438 e. The second-order valence-electron chi connectivity index (χ2n) is 5.86. The number of aryl methyl sites for hydroxylation is 1. The second-order valence-corrected chi connectivity index (χ2v) is 6.26. The van der Waals surface area contributed by atoms with Crippen molar-refractivity contribution < 1.29 is 0 Å². The molecule has 3 unspecified atom stereocenters. The molecule has 0 saturated carbocycles. The van der Waals surface area contributed by atoms with Crippen LogP contribution in [-0.2, 0) is 0 Å². The zero-order valence-corrected chi connectivity index (χ0v) is 13.8. The summed E-state index contributed by atoms with van der Waals surface area (Å²) in [6.07, 6.45) is 1.10. The molecule has 2 heteroatoms. The molecule has 1 nitrogen and oxygen atoms in total. The van der Waals surface area contributed by atoms with Crippen molar-refractivity contribution in [3.05, 3.63) is 70.2 Å². The average Bonchev–Trinajstić information content (AvgIpc) is 2.51. The molecular weight excluding hydrogens is 278 g/mol. The van der Waals surface area contributed by atoms with Crippen LogP contribution < -0.4 is 5.73 Å². The van der Waals surface area contributed by atoms with Crippen LogP contribution >= 0.6 is 11.6 Å². The molecule has 2 N–H and O–H groups in total.